The van der Waals surface area contributed by atoms with E-state index in [9.17, 15) is 4.79 Å². The van der Waals surface area contributed by atoms with Crippen LogP contribution in [0.3, 0.4) is 0 Å². The van der Waals surface area contributed by atoms with Crippen LogP contribution in [0.15, 0.2) is 5.16 Å². The van der Waals surface area contributed by atoms with Gasteiger partial charge in [0.2, 0.25) is 5.91 Å². The third kappa shape index (κ3) is 5.06. The number of hydrogen-bond donors (Lipinski definition) is 3. The zero-order valence-corrected chi connectivity index (χ0v) is 11.9. The van der Waals surface area contributed by atoms with Gasteiger partial charge in [-0.15, -0.1) is 0 Å². The van der Waals surface area contributed by atoms with Crippen molar-refractivity contribution in [1.82, 2.24) is 10.2 Å². The van der Waals surface area contributed by atoms with Gasteiger partial charge >= 0.3 is 0 Å². The van der Waals surface area contributed by atoms with Gasteiger partial charge in [-0.25, -0.2) is 0 Å². The summed E-state index contributed by atoms with van der Waals surface area (Å²) in [7, 11) is 0. The van der Waals surface area contributed by atoms with Gasteiger partial charge < -0.3 is 16.3 Å². The van der Waals surface area contributed by atoms with Gasteiger partial charge in [0.15, 0.2) is 5.84 Å². The maximum absolute atomic E-state index is 12.0. The van der Waals surface area contributed by atoms with Crippen LogP contribution in [0.5, 0.6) is 0 Å². The van der Waals surface area contributed by atoms with Crippen molar-refractivity contribution >= 4 is 11.7 Å². The lowest BCUT2D eigenvalue weighted by molar-refractivity contribution is -0.123. The van der Waals surface area contributed by atoms with Crippen molar-refractivity contribution in [2.24, 2.45) is 16.8 Å². The van der Waals surface area contributed by atoms with Gasteiger partial charge in [-0.05, 0) is 25.8 Å². The van der Waals surface area contributed by atoms with Gasteiger partial charge in [-0.1, -0.05) is 25.4 Å². The Hall–Kier alpha value is -1.30. The molecular weight excluding hydrogens is 244 g/mol. The molecule has 6 nitrogen and oxygen atoms in total. The molecule has 19 heavy (non-hydrogen) atoms. The first kappa shape index (κ1) is 15.8. The summed E-state index contributed by atoms with van der Waals surface area (Å²) >= 11 is 0. The number of amidine groups is 1. The van der Waals surface area contributed by atoms with E-state index in [0.717, 1.165) is 19.5 Å². The molecule has 0 aliphatic heterocycles. The molecule has 0 aromatic heterocycles. The molecule has 0 aromatic carbocycles. The Balaban J connectivity index is 2.34. The molecule has 1 unspecified atom stereocenters. The lowest BCUT2D eigenvalue weighted by atomic mass is 10.0. The quantitative estimate of drug-likeness (QED) is 0.249. The topological polar surface area (TPSA) is 91.0 Å². The van der Waals surface area contributed by atoms with Gasteiger partial charge in [-0.3, -0.25) is 9.69 Å². The van der Waals surface area contributed by atoms with E-state index in [1.807, 2.05) is 6.92 Å². The summed E-state index contributed by atoms with van der Waals surface area (Å²) in [6.07, 6.45) is 3.95. The third-order valence-electron chi connectivity index (χ3n) is 3.53. The molecule has 0 saturated heterocycles. The number of nitrogens with zero attached hydrogens (tertiary/aromatic N) is 2. The second-order valence-electron chi connectivity index (χ2n) is 5.02. The number of rotatable bonds is 9. The third-order valence-corrected chi connectivity index (χ3v) is 3.53. The highest BCUT2D eigenvalue weighted by molar-refractivity contribution is 6.02. The summed E-state index contributed by atoms with van der Waals surface area (Å²) in [4.78, 5) is 14.4. The van der Waals surface area contributed by atoms with Crippen LogP contribution >= 0.6 is 0 Å². The molecular formula is C13H26N4O2. The van der Waals surface area contributed by atoms with Crippen LogP contribution < -0.4 is 11.1 Å². The van der Waals surface area contributed by atoms with Gasteiger partial charge in [0.1, 0.15) is 0 Å². The van der Waals surface area contributed by atoms with Crippen LogP contribution in [0.4, 0.5) is 0 Å². The van der Waals surface area contributed by atoms with Crippen LogP contribution in [-0.2, 0) is 4.79 Å². The van der Waals surface area contributed by atoms with Gasteiger partial charge in [0.05, 0.1) is 5.92 Å². The predicted octanol–water partition coefficient (Wildman–Crippen LogP) is 0.750. The number of likely N-dealkylation sites (N-methyl/N-ethyl adjacent to an activating group) is 1. The standard InChI is InChI=1S/C13H26N4O2/c1-3-5-11(12(14)16-19)13(18)15-8-9-17(4-2)10-6-7-10/h10-11,19H,3-9H2,1-2H3,(H2,14,16)(H,15,18). The van der Waals surface area contributed by atoms with E-state index in [2.05, 4.69) is 22.3 Å². The highest BCUT2D eigenvalue weighted by Gasteiger charge is 2.27. The van der Waals surface area contributed by atoms with E-state index in [-0.39, 0.29) is 11.7 Å². The van der Waals surface area contributed by atoms with Crippen molar-refractivity contribution in [3.63, 3.8) is 0 Å². The monoisotopic (exact) mass is 270 g/mol. The van der Waals surface area contributed by atoms with Crippen molar-refractivity contribution in [2.75, 3.05) is 19.6 Å². The fourth-order valence-electron chi connectivity index (χ4n) is 2.26. The first-order valence-corrected chi connectivity index (χ1v) is 7.13. The maximum atomic E-state index is 12.0. The number of nitrogens with one attached hydrogen (secondary N) is 1. The van der Waals surface area contributed by atoms with Crippen molar-refractivity contribution in [2.45, 2.75) is 45.6 Å². The highest BCUT2D eigenvalue weighted by atomic mass is 16.4. The molecule has 1 fully saturated rings. The van der Waals surface area contributed by atoms with E-state index in [1.165, 1.54) is 12.8 Å². The van der Waals surface area contributed by atoms with Gasteiger partial charge in [0.25, 0.3) is 0 Å². The molecule has 0 aromatic rings. The summed E-state index contributed by atoms with van der Waals surface area (Å²) in [5, 5.41) is 14.5. The molecule has 0 spiro atoms. The molecule has 0 bridgehead atoms. The number of nitrogens with two attached hydrogens (primary N) is 1. The lowest BCUT2D eigenvalue weighted by Gasteiger charge is -2.21. The average Bonchev–Trinajstić information content (AvgIpc) is 3.24. The number of hydrogen-bond acceptors (Lipinski definition) is 4. The predicted molar refractivity (Wildman–Crippen MR) is 75.1 cm³/mol. The smallest absolute Gasteiger partial charge is 0.230 e. The summed E-state index contributed by atoms with van der Waals surface area (Å²) in [5.74, 6) is -0.677. The number of carbonyl (C=O) groups excluding carboxylic acids is 1. The fraction of sp³-hybridized carbons (Fsp3) is 0.846. The molecule has 0 heterocycles. The normalized spacial score (nSPS) is 17.5. The van der Waals surface area contributed by atoms with E-state index in [4.69, 9.17) is 10.9 Å². The Morgan fingerprint density at radius 2 is 2.21 bits per heavy atom. The van der Waals surface area contributed by atoms with Crippen LogP contribution in [-0.4, -0.2) is 47.5 Å². The largest absolute Gasteiger partial charge is 0.409 e. The van der Waals surface area contributed by atoms with Crippen LogP contribution in [0.2, 0.25) is 0 Å². The number of amides is 1. The first-order valence-electron chi connectivity index (χ1n) is 7.13. The zero-order chi connectivity index (χ0) is 14.3. The molecule has 4 N–H and O–H groups in total. The van der Waals surface area contributed by atoms with Crippen molar-refractivity contribution in [1.29, 1.82) is 0 Å². The Labute approximate surface area is 115 Å². The lowest BCUT2D eigenvalue weighted by Crippen LogP contribution is -2.42. The second-order valence-corrected chi connectivity index (χ2v) is 5.02. The minimum atomic E-state index is -0.522. The number of carbonyl (C=O) groups is 1. The van der Waals surface area contributed by atoms with Gasteiger partial charge in [-0.2, -0.15) is 0 Å². The highest BCUT2D eigenvalue weighted by Crippen LogP contribution is 2.25. The summed E-state index contributed by atoms with van der Waals surface area (Å²) in [6.45, 7) is 6.59. The van der Waals surface area contributed by atoms with Crippen molar-refractivity contribution < 1.29 is 10.0 Å². The molecule has 1 rings (SSSR count). The van der Waals surface area contributed by atoms with Crippen LogP contribution in [0, 0.1) is 5.92 Å². The minimum Gasteiger partial charge on any atom is -0.409 e. The van der Waals surface area contributed by atoms with E-state index < -0.39 is 5.92 Å². The molecule has 0 radical (unpaired) electrons. The molecule has 110 valence electrons. The Bertz CT molecular complexity index is 316. The summed E-state index contributed by atoms with van der Waals surface area (Å²) < 4.78 is 0. The summed E-state index contributed by atoms with van der Waals surface area (Å²) in [6, 6.07) is 0.706. The molecule has 1 saturated carbocycles. The fourth-order valence-corrected chi connectivity index (χ4v) is 2.26. The van der Waals surface area contributed by atoms with Gasteiger partial charge in [0, 0.05) is 19.1 Å². The SMILES string of the molecule is CCCC(C(=O)NCCN(CC)C1CC1)C(N)=NO. The molecule has 1 atom stereocenters. The Morgan fingerprint density at radius 3 is 2.68 bits per heavy atom. The Kier molecular flexibility index (Phi) is 6.62. The van der Waals surface area contributed by atoms with Crippen molar-refractivity contribution in [3.8, 4) is 0 Å². The van der Waals surface area contributed by atoms with Crippen molar-refractivity contribution in [3.05, 3.63) is 0 Å². The number of oxime groups is 1. The zero-order valence-electron chi connectivity index (χ0n) is 11.9. The molecule has 1 aliphatic carbocycles. The first-order chi connectivity index (χ1) is 9.13. The van der Waals surface area contributed by atoms with Crippen LogP contribution in [0.25, 0.3) is 0 Å². The summed E-state index contributed by atoms with van der Waals surface area (Å²) in [5.41, 5.74) is 5.55. The average molecular weight is 270 g/mol. The van der Waals surface area contributed by atoms with E-state index >= 15 is 0 Å². The maximum Gasteiger partial charge on any atom is 0.230 e. The second kappa shape index (κ2) is 7.99. The van der Waals surface area contributed by atoms with E-state index in [1.54, 1.807) is 0 Å². The van der Waals surface area contributed by atoms with E-state index in [0.29, 0.717) is 19.0 Å². The molecule has 6 heteroatoms. The Morgan fingerprint density at radius 1 is 1.53 bits per heavy atom. The molecule has 1 aliphatic rings. The van der Waals surface area contributed by atoms with Crippen LogP contribution in [0.1, 0.15) is 39.5 Å². The minimum absolute atomic E-state index is 0.00566. The molecule has 1 amide bonds.